The Morgan fingerprint density at radius 1 is 1.39 bits per heavy atom. The van der Waals surface area contributed by atoms with Crippen molar-refractivity contribution in [1.29, 1.82) is 0 Å². The third-order valence-electron chi connectivity index (χ3n) is 2.76. The van der Waals surface area contributed by atoms with Gasteiger partial charge in [-0.15, -0.1) is 0 Å². The summed E-state index contributed by atoms with van der Waals surface area (Å²) >= 11 is 0. The zero-order valence-electron chi connectivity index (χ0n) is 11.1. The lowest BCUT2D eigenvalue weighted by molar-refractivity contribution is 0.251. The second-order valence-electron chi connectivity index (χ2n) is 4.24. The SMILES string of the molecule is CCNC(C)c1cc(F)ccc1OCCCCO. The molecule has 4 heteroatoms. The molecule has 0 saturated heterocycles. The maximum Gasteiger partial charge on any atom is 0.124 e. The predicted octanol–water partition coefficient (Wildman–Crippen LogP) is 2.65. The minimum atomic E-state index is -0.252. The summed E-state index contributed by atoms with van der Waals surface area (Å²) in [5.74, 6) is 0.459. The predicted molar refractivity (Wildman–Crippen MR) is 70.3 cm³/mol. The summed E-state index contributed by atoms with van der Waals surface area (Å²) in [6, 6.07) is 4.63. The quantitative estimate of drug-likeness (QED) is 0.702. The van der Waals surface area contributed by atoms with Crippen molar-refractivity contribution in [2.24, 2.45) is 0 Å². The summed E-state index contributed by atoms with van der Waals surface area (Å²) in [6.45, 7) is 5.53. The molecule has 18 heavy (non-hydrogen) atoms. The van der Waals surface area contributed by atoms with Gasteiger partial charge in [0.15, 0.2) is 0 Å². The first kappa shape index (κ1) is 14.9. The highest BCUT2D eigenvalue weighted by molar-refractivity contribution is 5.36. The van der Waals surface area contributed by atoms with Gasteiger partial charge in [-0.1, -0.05) is 6.92 Å². The maximum atomic E-state index is 13.3. The van der Waals surface area contributed by atoms with Crippen molar-refractivity contribution in [3.63, 3.8) is 0 Å². The maximum absolute atomic E-state index is 13.3. The zero-order valence-corrected chi connectivity index (χ0v) is 11.1. The Morgan fingerprint density at radius 3 is 2.83 bits per heavy atom. The van der Waals surface area contributed by atoms with Crippen LogP contribution in [0.1, 0.15) is 38.3 Å². The molecule has 0 heterocycles. The molecule has 0 aliphatic heterocycles. The van der Waals surface area contributed by atoms with E-state index in [2.05, 4.69) is 5.32 Å². The molecule has 0 aromatic heterocycles. The normalized spacial score (nSPS) is 12.4. The number of unbranched alkanes of at least 4 members (excludes halogenated alkanes) is 1. The second-order valence-corrected chi connectivity index (χ2v) is 4.24. The number of aliphatic hydroxyl groups is 1. The molecule has 0 amide bonds. The van der Waals surface area contributed by atoms with E-state index in [4.69, 9.17) is 9.84 Å². The molecule has 0 spiro atoms. The van der Waals surface area contributed by atoms with Gasteiger partial charge in [-0.25, -0.2) is 4.39 Å². The Hall–Kier alpha value is -1.13. The first-order chi connectivity index (χ1) is 8.69. The van der Waals surface area contributed by atoms with Crippen LogP contribution >= 0.6 is 0 Å². The molecular formula is C14H22FNO2. The Morgan fingerprint density at radius 2 is 2.17 bits per heavy atom. The molecule has 0 bridgehead atoms. The summed E-state index contributed by atoms with van der Waals surface area (Å²) in [7, 11) is 0. The van der Waals surface area contributed by atoms with E-state index in [1.807, 2.05) is 13.8 Å². The van der Waals surface area contributed by atoms with E-state index >= 15 is 0 Å². The lowest BCUT2D eigenvalue weighted by Gasteiger charge is -2.17. The largest absolute Gasteiger partial charge is 0.493 e. The molecule has 2 N–H and O–H groups in total. The first-order valence-corrected chi connectivity index (χ1v) is 6.45. The van der Waals surface area contributed by atoms with Gasteiger partial charge in [0.1, 0.15) is 11.6 Å². The Kier molecular flexibility index (Phi) is 6.68. The van der Waals surface area contributed by atoms with Crippen LogP contribution in [0, 0.1) is 5.82 Å². The highest BCUT2D eigenvalue weighted by atomic mass is 19.1. The molecule has 0 aliphatic rings. The topological polar surface area (TPSA) is 41.5 Å². The summed E-state index contributed by atoms with van der Waals surface area (Å²) in [5.41, 5.74) is 0.834. The van der Waals surface area contributed by atoms with Gasteiger partial charge in [-0.3, -0.25) is 0 Å². The van der Waals surface area contributed by atoms with E-state index in [1.165, 1.54) is 12.1 Å². The summed E-state index contributed by atoms with van der Waals surface area (Å²) in [6.07, 6.45) is 1.52. The molecule has 0 fully saturated rings. The van der Waals surface area contributed by atoms with E-state index in [9.17, 15) is 4.39 Å². The van der Waals surface area contributed by atoms with Crippen LogP contribution in [0.15, 0.2) is 18.2 Å². The second kappa shape index (κ2) is 8.06. The van der Waals surface area contributed by atoms with Gasteiger partial charge in [0, 0.05) is 18.2 Å². The molecule has 1 atom stereocenters. The number of hydrogen-bond donors (Lipinski definition) is 2. The molecule has 1 aromatic carbocycles. The molecule has 1 rings (SSSR count). The van der Waals surface area contributed by atoms with Crippen molar-refractivity contribution in [2.75, 3.05) is 19.8 Å². The van der Waals surface area contributed by atoms with Crippen LogP contribution in [0.4, 0.5) is 4.39 Å². The van der Waals surface area contributed by atoms with Crippen molar-refractivity contribution in [3.05, 3.63) is 29.6 Å². The fourth-order valence-electron chi connectivity index (χ4n) is 1.80. The monoisotopic (exact) mass is 255 g/mol. The van der Waals surface area contributed by atoms with Crippen LogP contribution in [0.2, 0.25) is 0 Å². The van der Waals surface area contributed by atoms with Gasteiger partial charge in [0.05, 0.1) is 6.61 Å². The molecule has 1 unspecified atom stereocenters. The van der Waals surface area contributed by atoms with Crippen molar-refractivity contribution in [2.45, 2.75) is 32.7 Å². The minimum absolute atomic E-state index is 0.0542. The van der Waals surface area contributed by atoms with Gasteiger partial charge in [0.2, 0.25) is 0 Å². The number of rotatable bonds is 8. The molecule has 1 aromatic rings. The lowest BCUT2D eigenvalue weighted by Crippen LogP contribution is -2.19. The van der Waals surface area contributed by atoms with Crippen LogP contribution in [0.25, 0.3) is 0 Å². The van der Waals surface area contributed by atoms with E-state index in [1.54, 1.807) is 6.07 Å². The highest BCUT2D eigenvalue weighted by Gasteiger charge is 2.12. The first-order valence-electron chi connectivity index (χ1n) is 6.45. The molecule has 0 aliphatic carbocycles. The van der Waals surface area contributed by atoms with Crippen LogP contribution in [0.5, 0.6) is 5.75 Å². The zero-order chi connectivity index (χ0) is 13.4. The number of ether oxygens (including phenoxy) is 1. The third kappa shape index (κ3) is 4.63. The van der Waals surface area contributed by atoms with Crippen LogP contribution < -0.4 is 10.1 Å². The number of hydrogen-bond acceptors (Lipinski definition) is 3. The molecule has 0 saturated carbocycles. The smallest absolute Gasteiger partial charge is 0.124 e. The van der Waals surface area contributed by atoms with Gasteiger partial charge >= 0.3 is 0 Å². The summed E-state index contributed by atoms with van der Waals surface area (Å²) in [5, 5.41) is 11.9. The molecule has 3 nitrogen and oxygen atoms in total. The third-order valence-corrected chi connectivity index (χ3v) is 2.76. The fraction of sp³-hybridized carbons (Fsp3) is 0.571. The number of halogens is 1. The molecule has 0 radical (unpaired) electrons. The minimum Gasteiger partial charge on any atom is -0.493 e. The Balaban J connectivity index is 2.70. The van der Waals surface area contributed by atoms with Crippen molar-refractivity contribution in [3.8, 4) is 5.75 Å². The highest BCUT2D eigenvalue weighted by Crippen LogP contribution is 2.26. The van der Waals surface area contributed by atoms with E-state index in [0.717, 1.165) is 24.9 Å². The van der Waals surface area contributed by atoms with Gasteiger partial charge in [0.25, 0.3) is 0 Å². The average molecular weight is 255 g/mol. The van der Waals surface area contributed by atoms with Crippen LogP contribution in [-0.2, 0) is 0 Å². The Labute approximate surface area is 108 Å². The number of aliphatic hydroxyl groups excluding tert-OH is 1. The van der Waals surface area contributed by atoms with Crippen LogP contribution in [0.3, 0.4) is 0 Å². The van der Waals surface area contributed by atoms with E-state index in [0.29, 0.717) is 12.4 Å². The van der Waals surface area contributed by atoms with Gasteiger partial charge < -0.3 is 15.2 Å². The summed E-state index contributed by atoms with van der Waals surface area (Å²) in [4.78, 5) is 0. The van der Waals surface area contributed by atoms with Crippen molar-refractivity contribution < 1.29 is 14.2 Å². The van der Waals surface area contributed by atoms with Crippen molar-refractivity contribution in [1.82, 2.24) is 5.32 Å². The standard InChI is InChI=1S/C14H22FNO2/c1-3-16-11(2)13-10-12(15)6-7-14(13)18-9-5-4-8-17/h6-7,10-11,16-17H,3-5,8-9H2,1-2H3. The number of nitrogens with one attached hydrogen (secondary N) is 1. The van der Waals surface area contributed by atoms with Gasteiger partial charge in [-0.2, -0.15) is 0 Å². The van der Waals surface area contributed by atoms with Crippen LogP contribution in [-0.4, -0.2) is 24.9 Å². The van der Waals surface area contributed by atoms with E-state index in [-0.39, 0.29) is 18.5 Å². The number of benzene rings is 1. The Bertz CT molecular complexity index is 358. The van der Waals surface area contributed by atoms with Crippen molar-refractivity contribution >= 4 is 0 Å². The fourth-order valence-corrected chi connectivity index (χ4v) is 1.80. The summed E-state index contributed by atoms with van der Waals surface area (Å²) < 4.78 is 18.9. The lowest BCUT2D eigenvalue weighted by atomic mass is 10.1. The van der Waals surface area contributed by atoms with E-state index < -0.39 is 0 Å². The van der Waals surface area contributed by atoms with Gasteiger partial charge in [-0.05, 0) is 44.5 Å². The average Bonchev–Trinajstić information content (AvgIpc) is 2.36. The molecule has 102 valence electrons. The molecular weight excluding hydrogens is 233 g/mol.